The third-order valence-electron chi connectivity index (χ3n) is 3.20. The average Bonchev–Trinajstić information content (AvgIpc) is 3.00. The fraction of sp³-hybridized carbons (Fsp3) is 0.545. The van der Waals surface area contributed by atoms with Crippen LogP contribution >= 0.6 is 0 Å². The van der Waals surface area contributed by atoms with Crippen molar-refractivity contribution in [2.45, 2.75) is 37.7 Å². The van der Waals surface area contributed by atoms with E-state index >= 15 is 0 Å². The van der Waals surface area contributed by atoms with Crippen LogP contribution in [0, 0.1) is 0 Å². The van der Waals surface area contributed by atoms with E-state index in [2.05, 4.69) is 20.1 Å². The van der Waals surface area contributed by atoms with E-state index in [9.17, 15) is 5.11 Å². The van der Waals surface area contributed by atoms with Gasteiger partial charge in [-0.05, 0) is 12.8 Å². The number of aromatic nitrogens is 4. The molecule has 1 saturated carbocycles. The van der Waals surface area contributed by atoms with Crippen molar-refractivity contribution in [3.05, 3.63) is 18.3 Å². The van der Waals surface area contributed by atoms with Gasteiger partial charge in [-0.25, -0.2) is 4.98 Å². The summed E-state index contributed by atoms with van der Waals surface area (Å²) < 4.78 is 5.22. The Morgan fingerprint density at radius 3 is 3.00 bits per heavy atom. The molecule has 0 amide bonds. The van der Waals surface area contributed by atoms with Crippen molar-refractivity contribution in [2.75, 3.05) is 0 Å². The second-order valence-electron chi connectivity index (χ2n) is 4.35. The van der Waals surface area contributed by atoms with Crippen LogP contribution in [0.5, 0.6) is 0 Å². The van der Waals surface area contributed by atoms with Gasteiger partial charge in [0.25, 0.3) is 0 Å². The number of imidazole rings is 1. The molecule has 1 fully saturated rings. The normalized spacial score (nSPS) is 25.0. The van der Waals surface area contributed by atoms with Crippen LogP contribution < -0.4 is 0 Å². The number of hydrogen-bond acceptors (Lipinski definition) is 5. The van der Waals surface area contributed by atoms with Crippen molar-refractivity contribution in [3.8, 4) is 11.6 Å². The summed E-state index contributed by atoms with van der Waals surface area (Å²) in [5, 5.41) is 13.8. The Morgan fingerprint density at radius 1 is 1.35 bits per heavy atom. The lowest BCUT2D eigenvalue weighted by atomic mass is 9.86. The van der Waals surface area contributed by atoms with E-state index in [1.807, 2.05) is 0 Å². The molecule has 3 rings (SSSR count). The van der Waals surface area contributed by atoms with Crippen LogP contribution in [0.3, 0.4) is 0 Å². The molecule has 6 nitrogen and oxygen atoms in total. The van der Waals surface area contributed by atoms with Crippen LogP contribution in [0.15, 0.2) is 16.9 Å². The molecule has 2 heterocycles. The predicted molar refractivity (Wildman–Crippen MR) is 59.1 cm³/mol. The van der Waals surface area contributed by atoms with Crippen LogP contribution in [-0.4, -0.2) is 31.3 Å². The Hall–Kier alpha value is -1.69. The molecule has 1 aliphatic rings. The number of rotatable bonds is 2. The Kier molecular flexibility index (Phi) is 2.64. The molecule has 0 aromatic carbocycles. The summed E-state index contributed by atoms with van der Waals surface area (Å²) in [4.78, 5) is 11.3. The molecular formula is C11H14N4O2. The molecule has 2 atom stereocenters. The molecule has 2 unspecified atom stereocenters. The molecule has 0 radical (unpaired) electrons. The van der Waals surface area contributed by atoms with Crippen molar-refractivity contribution >= 4 is 0 Å². The molecule has 0 saturated heterocycles. The lowest BCUT2D eigenvalue weighted by molar-refractivity contribution is 0.0908. The summed E-state index contributed by atoms with van der Waals surface area (Å²) in [5.41, 5.74) is 0. The van der Waals surface area contributed by atoms with Crippen molar-refractivity contribution in [3.63, 3.8) is 0 Å². The summed E-state index contributed by atoms with van der Waals surface area (Å²) in [5.74, 6) is 1.52. The fourth-order valence-corrected chi connectivity index (χ4v) is 2.27. The molecule has 0 aliphatic heterocycles. The van der Waals surface area contributed by atoms with Gasteiger partial charge in [0.05, 0.1) is 12.0 Å². The fourth-order valence-electron chi connectivity index (χ4n) is 2.27. The first-order valence-electron chi connectivity index (χ1n) is 5.86. The highest BCUT2D eigenvalue weighted by Gasteiger charge is 2.29. The number of H-pyrrole nitrogens is 1. The summed E-state index contributed by atoms with van der Waals surface area (Å²) in [7, 11) is 0. The van der Waals surface area contributed by atoms with Crippen molar-refractivity contribution in [2.24, 2.45) is 0 Å². The number of nitrogens with one attached hydrogen (secondary N) is 1. The van der Waals surface area contributed by atoms with Gasteiger partial charge in [-0.15, -0.1) is 0 Å². The van der Waals surface area contributed by atoms with Gasteiger partial charge in [-0.2, -0.15) is 4.98 Å². The van der Waals surface area contributed by atoms with Crippen LogP contribution in [0.1, 0.15) is 37.5 Å². The van der Waals surface area contributed by atoms with Gasteiger partial charge >= 0.3 is 0 Å². The first-order chi connectivity index (χ1) is 8.34. The number of aliphatic hydroxyl groups excluding tert-OH is 1. The molecule has 2 N–H and O–H groups in total. The first-order valence-corrected chi connectivity index (χ1v) is 5.86. The standard InChI is InChI=1S/C11H14N4O2/c16-8-4-2-1-3-7(8)11-14-10(15-17-11)9-12-5-6-13-9/h5-8,16H,1-4H2,(H,12,13). The first kappa shape index (κ1) is 10.5. The van der Waals surface area contributed by atoms with E-state index in [1.165, 1.54) is 0 Å². The van der Waals surface area contributed by atoms with Crippen LogP contribution in [0.25, 0.3) is 11.6 Å². The van der Waals surface area contributed by atoms with Gasteiger partial charge in [0.1, 0.15) is 0 Å². The Balaban J connectivity index is 1.84. The quantitative estimate of drug-likeness (QED) is 0.821. The van der Waals surface area contributed by atoms with E-state index in [4.69, 9.17) is 4.52 Å². The topological polar surface area (TPSA) is 87.8 Å². The number of aromatic amines is 1. The maximum Gasteiger partial charge on any atom is 0.238 e. The minimum atomic E-state index is -0.367. The summed E-state index contributed by atoms with van der Waals surface area (Å²) in [6, 6.07) is 0. The summed E-state index contributed by atoms with van der Waals surface area (Å²) in [6.45, 7) is 0. The van der Waals surface area contributed by atoms with Gasteiger partial charge in [0.2, 0.25) is 11.7 Å². The Morgan fingerprint density at radius 2 is 2.24 bits per heavy atom. The largest absolute Gasteiger partial charge is 0.392 e. The second-order valence-corrected chi connectivity index (χ2v) is 4.35. The molecule has 2 aromatic heterocycles. The van der Waals surface area contributed by atoms with Crippen molar-refractivity contribution in [1.82, 2.24) is 20.1 Å². The highest BCUT2D eigenvalue weighted by Crippen LogP contribution is 2.32. The molecule has 17 heavy (non-hydrogen) atoms. The highest BCUT2D eigenvalue weighted by molar-refractivity contribution is 5.40. The second kappa shape index (κ2) is 4.29. The van der Waals surface area contributed by atoms with E-state index in [1.54, 1.807) is 12.4 Å². The van der Waals surface area contributed by atoms with E-state index in [0.29, 0.717) is 17.5 Å². The highest BCUT2D eigenvalue weighted by atomic mass is 16.5. The zero-order valence-corrected chi connectivity index (χ0v) is 9.33. The zero-order valence-electron chi connectivity index (χ0n) is 9.33. The lowest BCUT2D eigenvalue weighted by Gasteiger charge is -2.23. The van der Waals surface area contributed by atoms with E-state index < -0.39 is 0 Å². The predicted octanol–water partition coefficient (Wildman–Crippen LogP) is 1.48. The zero-order chi connectivity index (χ0) is 11.7. The van der Waals surface area contributed by atoms with Gasteiger partial charge in [0, 0.05) is 12.4 Å². The monoisotopic (exact) mass is 234 g/mol. The van der Waals surface area contributed by atoms with Gasteiger partial charge in [0.15, 0.2) is 5.82 Å². The van der Waals surface area contributed by atoms with Gasteiger partial charge < -0.3 is 14.6 Å². The number of hydrogen-bond donors (Lipinski definition) is 2. The van der Waals surface area contributed by atoms with Gasteiger partial charge in [-0.1, -0.05) is 18.0 Å². The SMILES string of the molecule is OC1CCCCC1c1nc(-c2ncc[nH]2)no1. The van der Waals surface area contributed by atoms with Gasteiger partial charge in [-0.3, -0.25) is 0 Å². The van der Waals surface area contributed by atoms with Crippen LogP contribution in [-0.2, 0) is 0 Å². The summed E-state index contributed by atoms with van der Waals surface area (Å²) in [6.07, 6.45) is 6.86. The van der Waals surface area contributed by atoms with Crippen molar-refractivity contribution < 1.29 is 9.63 Å². The Labute approximate surface area is 98.1 Å². The van der Waals surface area contributed by atoms with Crippen LogP contribution in [0.4, 0.5) is 0 Å². The lowest BCUT2D eigenvalue weighted by Crippen LogP contribution is -2.22. The smallest absolute Gasteiger partial charge is 0.238 e. The summed E-state index contributed by atoms with van der Waals surface area (Å²) >= 11 is 0. The molecule has 6 heteroatoms. The minimum Gasteiger partial charge on any atom is -0.392 e. The third kappa shape index (κ3) is 1.95. The third-order valence-corrected chi connectivity index (χ3v) is 3.20. The molecule has 0 bridgehead atoms. The number of nitrogens with zero attached hydrogens (tertiary/aromatic N) is 3. The molecule has 1 aliphatic carbocycles. The minimum absolute atomic E-state index is 0.0278. The molecular weight excluding hydrogens is 220 g/mol. The van der Waals surface area contributed by atoms with Crippen LogP contribution in [0.2, 0.25) is 0 Å². The molecule has 2 aromatic rings. The Bertz CT molecular complexity index is 479. The maximum absolute atomic E-state index is 9.91. The maximum atomic E-state index is 9.91. The molecule has 0 spiro atoms. The van der Waals surface area contributed by atoms with Crippen molar-refractivity contribution in [1.29, 1.82) is 0 Å². The molecule has 90 valence electrons. The average molecular weight is 234 g/mol. The van der Waals surface area contributed by atoms with E-state index in [0.717, 1.165) is 25.7 Å². The van der Waals surface area contributed by atoms with E-state index in [-0.39, 0.29) is 12.0 Å². The number of aliphatic hydroxyl groups is 1.